The van der Waals surface area contributed by atoms with Gasteiger partial charge in [0.25, 0.3) is 0 Å². The van der Waals surface area contributed by atoms with Crippen LogP contribution in [0.5, 0.6) is 0 Å². The Morgan fingerprint density at radius 2 is 2.07 bits per heavy atom. The van der Waals surface area contributed by atoms with E-state index in [2.05, 4.69) is 12.2 Å². The maximum Gasteiger partial charge on any atom is 0.126 e. The number of rotatable bonds is 5. The quantitative estimate of drug-likeness (QED) is 0.730. The molecule has 14 heavy (non-hydrogen) atoms. The monoisotopic (exact) mass is 215 g/mol. The molecule has 0 aliphatic rings. The van der Waals surface area contributed by atoms with Crippen molar-refractivity contribution in [2.24, 2.45) is 0 Å². The van der Waals surface area contributed by atoms with Crippen molar-refractivity contribution in [2.45, 2.75) is 26.2 Å². The van der Waals surface area contributed by atoms with Gasteiger partial charge in [-0.15, -0.1) is 0 Å². The fraction of sp³-hybridized carbons (Fsp3) is 0.455. The zero-order valence-corrected chi connectivity index (χ0v) is 9.07. The molecule has 1 aromatic rings. The third-order valence-corrected chi connectivity index (χ3v) is 2.19. The van der Waals surface area contributed by atoms with Crippen molar-refractivity contribution >= 4 is 17.3 Å². The molecule has 0 atom stereocenters. The van der Waals surface area contributed by atoms with Crippen LogP contribution in [0.1, 0.15) is 26.2 Å². The van der Waals surface area contributed by atoms with E-state index in [1.165, 1.54) is 25.0 Å². The van der Waals surface area contributed by atoms with Gasteiger partial charge in [0.2, 0.25) is 0 Å². The normalized spacial score (nSPS) is 10.2. The molecule has 0 saturated heterocycles. The highest BCUT2D eigenvalue weighted by Crippen LogP contribution is 2.17. The third-order valence-electron chi connectivity index (χ3n) is 1.97. The summed E-state index contributed by atoms with van der Waals surface area (Å²) in [6, 6.07) is 4.49. The standard InChI is InChI=1S/C11H15ClFN/c1-2-3-4-5-14-11-7-9(12)6-10(13)8-11/h6-8,14H,2-5H2,1H3. The SMILES string of the molecule is CCCCCNc1cc(F)cc(Cl)c1. The predicted octanol–water partition coefficient (Wildman–Crippen LogP) is 4.08. The molecule has 3 heteroatoms. The number of anilines is 1. The molecule has 0 fully saturated rings. The Morgan fingerprint density at radius 3 is 2.71 bits per heavy atom. The first kappa shape index (κ1) is 11.3. The second kappa shape index (κ2) is 5.86. The Hall–Kier alpha value is -0.760. The molecule has 78 valence electrons. The van der Waals surface area contributed by atoms with E-state index in [0.717, 1.165) is 18.7 Å². The Balaban J connectivity index is 2.42. The fourth-order valence-corrected chi connectivity index (χ4v) is 1.49. The van der Waals surface area contributed by atoms with Crippen LogP contribution >= 0.6 is 11.6 Å². The summed E-state index contributed by atoms with van der Waals surface area (Å²) in [5.41, 5.74) is 0.756. The molecular weight excluding hydrogens is 201 g/mol. The van der Waals surface area contributed by atoms with Gasteiger partial charge in [-0.05, 0) is 24.6 Å². The van der Waals surface area contributed by atoms with Gasteiger partial charge in [-0.1, -0.05) is 31.4 Å². The lowest BCUT2D eigenvalue weighted by Gasteiger charge is -2.06. The van der Waals surface area contributed by atoms with Crippen LogP contribution in [0.2, 0.25) is 5.02 Å². The van der Waals surface area contributed by atoms with Crippen LogP contribution in [-0.4, -0.2) is 6.54 Å². The van der Waals surface area contributed by atoms with E-state index in [-0.39, 0.29) is 5.82 Å². The summed E-state index contributed by atoms with van der Waals surface area (Å²) in [4.78, 5) is 0. The van der Waals surface area contributed by atoms with Gasteiger partial charge in [-0.2, -0.15) is 0 Å². The highest BCUT2D eigenvalue weighted by Gasteiger charge is 1.97. The lowest BCUT2D eigenvalue weighted by molar-refractivity contribution is 0.628. The number of hydrogen-bond donors (Lipinski definition) is 1. The lowest BCUT2D eigenvalue weighted by Crippen LogP contribution is -2.01. The van der Waals surface area contributed by atoms with E-state index in [1.807, 2.05) is 0 Å². The molecule has 0 aromatic heterocycles. The second-order valence-electron chi connectivity index (χ2n) is 3.29. The summed E-state index contributed by atoms with van der Waals surface area (Å²) < 4.78 is 12.9. The number of unbranched alkanes of at least 4 members (excludes halogenated alkanes) is 2. The molecule has 0 amide bonds. The van der Waals surface area contributed by atoms with E-state index in [1.54, 1.807) is 6.07 Å². The van der Waals surface area contributed by atoms with Crippen LogP contribution < -0.4 is 5.32 Å². The van der Waals surface area contributed by atoms with E-state index in [4.69, 9.17) is 11.6 Å². The van der Waals surface area contributed by atoms with Gasteiger partial charge >= 0.3 is 0 Å². The largest absolute Gasteiger partial charge is 0.385 e. The minimum atomic E-state index is -0.296. The topological polar surface area (TPSA) is 12.0 Å². The summed E-state index contributed by atoms with van der Waals surface area (Å²) in [6.07, 6.45) is 3.48. The number of benzene rings is 1. The molecule has 0 heterocycles. The smallest absolute Gasteiger partial charge is 0.126 e. The van der Waals surface area contributed by atoms with Crippen molar-refractivity contribution in [3.05, 3.63) is 29.0 Å². The van der Waals surface area contributed by atoms with Crippen molar-refractivity contribution in [1.29, 1.82) is 0 Å². The van der Waals surface area contributed by atoms with Crippen LogP contribution in [0.4, 0.5) is 10.1 Å². The molecular formula is C11H15ClFN. The molecule has 0 aliphatic carbocycles. The molecule has 1 nitrogen and oxygen atoms in total. The highest BCUT2D eigenvalue weighted by atomic mass is 35.5. The van der Waals surface area contributed by atoms with Crippen molar-refractivity contribution < 1.29 is 4.39 Å². The molecule has 1 rings (SSSR count). The summed E-state index contributed by atoms with van der Waals surface area (Å²) in [5, 5.41) is 3.57. The van der Waals surface area contributed by atoms with Crippen molar-refractivity contribution in [3.63, 3.8) is 0 Å². The Kier molecular flexibility index (Phi) is 4.74. The summed E-state index contributed by atoms with van der Waals surface area (Å²) in [7, 11) is 0. The molecule has 1 N–H and O–H groups in total. The Morgan fingerprint density at radius 1 is 1.29 bits per heavy atom. The van der Waals surface area contributed by atoms with Gasteiger partial charge in [-0.25, -0.2) is 4.39 Å². The number of nitrogens with one attached hydrogen (secondary N) is 1. The molecule has 0 spiro atoms. The van der Waals surface area contributed by atoms with E-state index in [0.29, 0.717) is 5.02 Å². The predicted molar refractivity (Wildman–Crippen MR) is 59.4 cm³/mol. The fourth-order valence-electron chi connectivity index (χ4n) is 1.26. The molecule has 0 unspecified atom stereocenters. The van der Waals surface area contributed by atoms with Crippen molar-refractivity contribution in [1.82, 2.24) is 0 Å². The highest BCUT2D eigenvalue weighted by molar-refractivity contribution is 6.30. The van der Waals surface area contributed by atoms with Gasteiger partial charge in [0.15, 0.2) is 0 Å². The minimum Gasteiger partial charge on any atom is -0.385 e. The first-order valence-corrected chi connectivity index (χ1v) is 5.30. The van der Waals surface area contributed by atoms with E-state index < -0.39 is 0 Å². The molecule has 0 aliphatic heterocycles. The first-order chi connectivity index (χ1) is 6.72. The van der Waals surface area contributed by atoms with Crippen molar-refractivity contribution in [2.75, 3.05) is 11.9 Å². The zero-order valence-electron chi connectivity index (χ0n) is 8.32. The van der Waals surface area contributed by atoms with Gasteiger partial charge in [0.1, 0.15) is 5.82 Å². The summed E-state index contributed by atoms with van der Waals surface area (Å²) in [5.74, 6) is -0.296. The lowest BCUT2D eigenvalue weighted by atomic mass is 10.2. The van der Waals surface area contributed by atoms with Crippen LogP contribution in [-0.2, 0) is 0 Å². The second-order valence-corrected chi connectivity index (χ2v) is 3.73. The van der Waals surface area contributed by atoms with Gasteiger partial charge in [0, 0.05) is 17.3 Å². The first-order valence-electron chi connectivity index (χ1n) is 4.92. The molecule has 0 radical (unpaired) electrons. The third kappa shape index (κ3) is 3.97. The summed E-state index contributed by atoms with van der Waals surface area (Å²) >= 11 is 5.71. The van der Waals surface area contributed by atoms with Crippen LogP contribution in [0.15, 0.2) is 18.2 Å². The van der Waals surface area contributed by atoms with Gasteiger partial charge < -0.3 is 5.32 Å². The average molecular weight is 216 g/mol. The minimum absolute atomic E-state index is 0.296. The van der Waals surface area contributed by atoms with Crippen molar-refractivity contribution in [3.8, 4) is 0 Å². The molecule has 0 bridgehead atoms. The van der Waals surface area contributed by atoms with E-state index >= 15 is 0 Å². The van der Waals surface area contributed by atoms with E-state index in [9.17, 15) is 4.39 Å². The molecule has 1 aromatic carbocycles. The van der Waals surface area contributed by atoms with Crippen LogP contribution in [0, 0.1) is 5.82 Å². The Labute approximate surface area is 89.3 Å². The zero-order chi connectivity index (χ0) is 10.4. The average Bonchev–Trinajstić information content (AvgIpc) is 2.11. The van der Waals surface area contributed by atoms with Crippen LogP contribution in [0.25, 0.3) is 0 Å². The summed E-state index contributed by atoms with van der Waals surface area (Å²) in [6.45, 7) is 3.02. The number of halogens is 2. The Bertz CT molecular complexity index is 268. The maximum absolute atomic E-state index is 12.9. The van der Waals surface area contributed by atoms with Gasteiger partial charge in [-0.3, -0.25) is 0 Å². The number of hydrogen-bond acceptors (Lipinski definition) is 1. The molecule has 0 saturated carbocycles. The maximum atomic E-state index is 12.9. The van der Waals surface area contributed by atoms with Crippen LogP contribution in [0.3, 0.4) is 0 Å². The van der Waals surface area contributed by atoms with Gasteiger partial charge in [0.05, 0.1) is 0 Å².